The third-order valence-corrected chi connectivity index (χ3v) is 3.85. The Labute approximate surface area is 118 Å². The lowest BCUT2D eigenvalue weighted by Gasteiger charge is -2.16. The molecule has 0 amide bonds. The Bertz CT molecular complexity index is 712. The Morgan fingerprint density at radius 3 is 2.40 bits per heavy atom. The van der Waals surface area contributed by atoms with Gasteiger partial charge in [-0.1, -0.05) is 24.3 Å². The van der Waals surface area contributed by atoms with Gasteiger partial charge in [0.25, 0.3) is 0 Å². The third-order valence-electron chi connectivity index (χ3n) is 2.88. The standard InChI is InChI=1S/C14H17NO4S/c1-10(9-18-2)19-13-7-8-14(20(15,16)17)12-6-4-3-5-11(12)13/h3-8,10H,9H2,1-2H3,(H2,15,16,17). The number of nitrogens with two attached hydrogens (primary N) is 1. The van der Waals surface area contributed by atoms with Crippen LogP contribution in [0.5, 0.6) is 5.75 Å². The molecule has 20 heavy (non-hydrogen) atoms. The molecule has 1 unspecified atom stereocenters. The zero-order valence-corrected chi connectivity index (χ0v) is 12.2. The smallest absolute Gasteiger partial charge is 0.238 e. The first-order valence-electron chi connectivity index (χ1n) is 6.13. The number of benzene rings is 2. The largest absolute Gasteiger partial charge is 0.488 e. The monoisotopic (exact) mass is 295 g/mol. The summed E-state index contributed by atoms with van der Waals surface area (Å²) in [7, 11) is -2.17. The lowest BCUT2D eigenvalue weighted by Crippen LogP contribution is -2.18. The van der Waals surface area contributed by atoms with Gasteiger partial charge in [-0.25, -0.2) is 13.6 Å². The summed E-state index contributed by atoms with van der Waals surface area (Å²) >= 11 is 0. The zero-order valence-electron chi connectivity index (χ0n) is 11.4. The van der Waals surface area contributed by atoms with E-state index < -0.39 is 10.0 Å². The second kappa shape index (κ2) is 5.78. The highest BCUT2D eigenvalue weighted by Gasteiger charge is 2.15. The van der Waals surface area contributed by atoms with E-state index in [4.69, 9.17) is 14.6 Å². The summed E-state index contributed by atoms with van der Waals surface area (Å²) in [5, 5.41) is 6.50. The molecule has 0 saturated carbocycles. The van der Waals surface area contributed by atoms with Crippen LogP contribution in [0, 0.1) is 0 Å². The van der Waals surface area contributed by atoms with Crippen molar-refractivity contribution in [2.45, 2.75) is 17.9 Å². The molecular formula is C14H17NO4S. The van der Waals surface area contributed by atoms with Gasteiger partial charge in [-0.2, -0.15) is 0 Å². The maximum atomic E-state index is 11.6. The minimum absolute atomic E-state index is 0.0971. The molecule has 0 aromatic heterocycles. The lowest BCUT2D eigenvalue weighted by atomic mass is 10.1. The molecule has 108 valence electrons. The number of primary sulfonamides is 1. The first-order valence-corrected chi connectivity index (χ1v) is 7.68. The zero-order chi connectivity index (χ0) is 14.8. The van der Waals surface area contributed by atoms with E-state index in [1.54, 1.807) is 31.4 Å². The summed E-state index contributed by atoms with van der Waals surface area (Å²) in [4.78, 5) is 0.0971. The predicted molar refractivity (Wildman–Crippen MR) is 77.3 cm³/mol. The molecule has 0 bridgehead atoms. The normalized spacial score (nSPS) is 13.3. The van der Waals surface area contributed by atoms with Crippen molar-refractivity contribution in [2.75, 3.05) is 13.7 Å². The third kappa shape index (κ3) is 3.09. The molecule has 0 heterocycles. The minimum atomic E-state index is -3.77. The van der Waals surface area contributed by atoms with Crippen molar-refractivity contribution in [3.8, 4) is 5.75 Å². The molecule has 0 saturated heterocycles. The molecule has 6 heteroatoms. The van der Waals surface area contributed by atoms with Crippen molar-refractivity contribution < 1.29 is 17.9 Å². The van der Waals surface area contributed by atoms with Gasteiger partial charge in [0.05, 0.1) is 11.5 Å². The van der Waals surface area contributed by atoms with Crippen LogP contribution in [0.2, 0.25) is 0 Å². The molecule has 2 aromatic rings. The molecular weight excluding hydrogens is 278 g/mol. The quantitative estimate of drug-likeness (QED) is 0.913. The lowest BCUT2D eigenvalue weighted by molar-refractivity contribution is 0.0931. The molecule has 0 aliphatic rings. The number of ether oxygens (including phenoxy) is 2. The van der Waals surface area contributed by atoms with Crippen molar-refractivity contribution in [1.29, 1.82) is 0 Å². The molecule has 2 rings (SSSR count). The van der Waals surface area contributed by atoms with E-state index in [2.05, 4.69) is 0 Å². The van der Waals surface area contributed by atoms with E-state index in [1.165, 1.54) is 6.07 Å². The van der Waals surface area contributed by atoms with E-state index in [1.807, 2.05) is 13.0 Å². The van der Waals surface area contributed by atoms with E-state index >= 15 is 0 Å². The summed E-state index contributed by atoms with van der Waals surface area (Å²) in [6.45, 7) is 2.33. The maximum absolute atomic E-state index is 11.6. The first kappa shape index (κ1) is 14.8. The van der Waals surface area contributed by atoms with Gasteiger partial charge in [-0.05, 0) is 19.1 Å². The second-order valence-corrected chi connectivity index (χ2v) is 6.07. The van der Waals surface area contributed by atoms with Crippen molar-refractivity contribution in [1.82, 2.24) is 0 Å². The maximum Gasteiger partial charge on any atom is 0.238 e. The number of sulfonamides is 1. The topological polar surface area (TPSA) is 78.6 Å². The Morgan fingerprint density at radius 2 is 1.80 bits per heavy atom. The molecule has 0 aliphatic heterocycles. The van der Waals surface area contributed by atoms with Gasteiger partial charge in [0.2, 0.25) is 10.0 Å². The van der Waals surface area contributed by atoms with Gasteiger partial charge < -0.3 is 9.47 Å². The van der Waals surface area contributed by atoms with Crippen molar-refractivity contribution in [3.63, 3.8) is 0 Å². The highest BCUT2D eigenvalue weighted by molar-refractivity contribution is 7.89. The predicted octanol–water partition coefficient (Wildman–Crippen LogP) is 1.90. The van der Waals surface area contributed by atoms with E-state index in [0.717, 1.165) is 0 Å². The summed E-state index contributed by atoms with van der Waals surface area (Å²) in [6, 6.07) is 10.2. The second-order valence-electron chi connectivity index (χ2n) is 4.54. The number of fused-ring (bicyclic) bond motifs is 1. The van der Waals surface area contributed by atoms with Crippen LogP contribution in [-0.4, -0.2) is 28.2 Å². The fourth-order valence-corrected chi connectivity index (χ4v) is 2.82. The van der Waals surface area contributed by atoms with Gasteiger partial charge in [0.15, 0.2) is 0 Å². The molecule has 2 N–H and O–H groups in total. The summed E-state index contributed by atoms with van der Waals surface area (Å²) < 4.78 is 34.0. The van der Waals surface area contributed by atoms with E-state index in [9.17, 15) is 8.42 Å². The fraction of sp³-hybridized carbons (Fsp3) is 0.286. The van der Waals surface area contributed by atoms with Crippen LogP contribution in [-0.2, 0) is 14.8 Å². The summed E-state index contributed by atoms with van der Waals surface area (Å²) in [5.41, 5.74) is 0. The number of hydrogen-bond donors (Lipinski definition) is 1. The van der Waals surface area contributed by atoms with E-state index in [0.29, 0.717) is 23.1 Å². The van der Waals surface area contributed by atoms with Gasteiger partial charge in [-0.15, -0.1) is 0 Å². The Balaban J connectivity index is 2.55. The number of rotatable bonds is 5. The number of hydrogen-bond acceptors (Lipinski definition) is 4. The van der Waals surface area contributed by atoms with Gasteiger partial charge in [0, 0.05) is 17.9 Å². The van der Waals surface area contributed by atoms with Crippen LogP contribution < -0.4 is 9.88 Å². The first-order chi connectivity index (χ1) is 9.43. The van der Waals surface area contributed by atoms with Crippen molar-refractivity contribution in [3.05, 3.63) is 36.4 Å². The molecule has 0 radical (unpaired) electrons. The van der Waals surface area contributed by atoms with Gasteiger partial charge >= 0.3 is 0 Å². The highest BCUT2D eigenvalue weighted by Crippen LogP contribution is 2.31. The van der Waals surface area contributed by atoms with E-state index in [-0.39, 0.29) is 11.0 Å². The Hall–Kier alpha value is -1.63. The average molecular weight is 295 g/mol. The fourth-order valence-electron chi connectivity index (χ4n) is 2.08. The number of methoxy groups -OCH3 is 1. The SMILES string of the molecule is COCC(C)Oc1ccc(S(N)(=O)=O)c2ccccc12. The average Bonchev–Trinajstić information content (AvgIpc) is 2.38. The molecule has 1 atom stereocenters. The summed E-state index contributed by atoms with van der Waals surface area (Å²) in [5.74, 6) is 0.609. The van der Waals surface area contributed by atoms with Crippen LogP contribution in [0.15, 0.2) is 41.3 Å². The van der Waals surface area contributed by atoms with Crippen molar-refractivity contribution >= 4 is 20.8 Å². The molecule has 5 nitrogen and oxygen atoms in total. The van der Waals surface area contributed by atoms with Crippen molar-refractivity contribution in [2.24, 2.45) is 5.14 Å². The molecule has 0 spiro atoms. The van der Waals surface area contributed by atoms with Crippen LogP contribution in [0.4, 0.5) is 0 Å². The summed E-state index contributed by atoms with van der Waals surface area (Å²) in [6.07, 6.45) is -0.135. The van der Waals surface area contributed by atoms with Crippen LogP contribution in [0.3, 0.4) is 0 Å². The van der Waals surface area contributed by atoms with Gasteiger partial charge in [-0.3, -0.25) is 0 Å². The van der Waals surface area contributed by atoms with Crippen LogP contribution in [0.1, 0.15) is 6.92 Å². The van der Waals surface area contributed by atoms with Crippen LogP contribution >= 0.6 is 0 Å². The van der Waals surface area contributed by atoms with Crippen LogP contribution in [0.25, 0.3) is 10.8 Å². The highest BCUT2D eigenvalue weighted by atomic mass is 32.2. The molecule has 0 fully saturated rings. The Morgan fingerprint density at radius 1 is 1.15 bits per heavy atom. The Kier molecular flexibility index (Phi) is 4.27. The molecule has 0 aliphatic carbocycles. The molecule has 2 aromatic carbocycles. The van der Waals surface area contributed by atoms with Gasteiger partial charge in [0.1, 0.15) is 11.9 Å². The minimum Gasteiger partial charge on any atom is -0.488 e.